The van der Waals surface area contributed by atoms with Crippen LogP contribution in [0.25, 0.3) is 0 Å². The van der Waals surface area contributed by atoms with Crippen LogP contribution in [0.2, 0.25) is 0 Å². The fourth-order valence-electron chi connectivity index (χ4n) is 3.23. The van der Waals surface area contributed by atoms with Crippen molar-refractivity contribution in [1.82, 2.24) is 0 Å². The van der Waals surface area contributed by atoms with Crippen LogP contribution in [-0.2, 0) is 0 Å². The summed E-state index contributed by atoms with van der Waals surface area (Å²) in [6.45, 7) is 15.2. The first-order valence-electron chi connectivity index (χ1n) is 9.38. The second-order valence-corrected chi connectivity index (χ2v) is 6.89. The van der Waals surface area contributed by atoms with Gasteiger partial charge in [0.1, 0.15) is 0 Å². The minimum Gasteiger partial charge on any atom is -0.404 e. The number of allylic oxidation sites excluding steroid dienone is 6. The van der Waals surface area contributed by atoms with Gasteiger partial charge in [-0.2, -0.15) is 0 Å². The first-order chi connectivity index (χ1) is 11.0. The van der Waals surface area contributed by atoms with Gasteiger partial charge in [0.05, 0.1) is 0 Å². The molecule has 3 atom stereocenters. The van der Waals surface area contributed by atoms with Crippen LogP contribution < -0.4 is 5.73 Å². The van der Waals surface area contributed by atoms with Gasteiger partial charge in [-0.1, -0.05) is 64.8 Å². The maximum Gasteiger partial charge on any atom is -0.00266 e. The van der Waals surface area contributed by atoms with E-state index < -0.39 is 0 Å². The molecule has 23 heavy (non-hydrogen) atoms. The predicted octanol–water partition coefficient (Wildman–Crippen LogP) is 6.79. The molecule has 0 amide bonds. The molecule has 1 heteroatoms. The molecule has 0 fully saturated rings. The first kappa shape index (κ1) is 21.8. The van der Waals surface area contributed by atoms with Crippen LogP contribution >= 0.6 is 0 Å². The van der Waals surface area contributed by atoms with Crippen molar-refractivity contribution in [2.24, 2.45) is 23.5 Å². The monoisotopic (exact) mass is 317 g/mol. The SMILES string of the molecule is C=CCCC(CCC)C(C)CC(C)/C=C(/C=C\CC)C(\C)=C\N. The molecule has 0 saturated heterocycles. The standard InChI is InChI=1S/C22H39N/c1-7-10-13-21(12-9-3)19(5)15-18(4)16-22(14-11-8-2)20(6)17-23/h7,11,14,16-19,21H,1,8-10,12-13,15,23H2,2-6H3/b14-11-,20-17+,22-16-. The highest BCUT2D eigenvalue weighted by molar-refractivity contribution is 5.38. The third-order valence-corrected chi connectivity index (χ3v) is 4.65. The van der Waals surface area contributed by atoms with Crippen LogP contribution in [-0.4, -0.2) is 0 Å². The quantitative estimate of drug-likeness (QED) is 0.311. The molecule has 0 aliphatic rings. The summed E-state index contributed by atoms with van der Waals surface area (Å²) in [6, 6.07) is 0. The Labute approximate surface area is 145 Å². The summed E-state index contributed by atoms with van der Waals surface area (Å²) in [5.41, 5.74) is 8.15. The van der Waals surface area contributed by atoms with Gasteiger partial charge in [-0.25, -0.2) is 0 Å². The number of hydrogen-bond acceptors (Lipinski definition) is 1. The summed E-state index contributed by atoms with van der Waals surface area (Å²) < 4.78 is 0. The van der Waals surface area contributed by atoms with Crippen molar-refractivity contribution in [3.8, 4) is 0 Å². The van der Waals surface area contributed by atoms with Crippen molar-refractivity contribution >= 4 is 0 Å². The van der Waals surface area contributed by atoms with Gasteiger partial charge in [0, 0.05) is 0 Å². The molecule has 0 aliphatic carbocycles. The van der Waals surface area contributed by atoms with Gasteiger partial charge >= 0.3 is 0 Å². The van der Waals surface area contributed by atoms with Crippen LogP contribution in [0.1, 0.15) is 73.1 Å². The highest BCUT2D eigenvalue weighted by Crippen LogP contribution is 2.29. The lowest BCUT2D eigenvalue weighted by atomic mass is 9.80. The van der Waals surface area contributed by atoms with Crippen molar-refractivity contribution in [2.75, 3.05) is 0 Å². The minimum atomic E-state index is 0.569. The molecule has 0 aromatic carbocycles. The zero-order valence-electron chi connectivity index (χ0n) is 16.1. The molecule has 0 bridgehead atoms. The van der Waals surface area contributed by atoms with Gasteiger partial charge in [-0.15, -0.1) is 6.58 Å². The summed E-state index contributed by atoms with van der Waals surface area (Å²) in [5, 5.41) is 0. The maximum absolute atomic E-state index is 5.72. The van der Waals surface area contributed by atoms with E-state index in [1.807, 2.05) is 0 Å². The van der Waals surface area contributed by atoms with Crippen molar-refractivity contribution in [3.05, 3.63) is 48.2 Å². The molecule has 0 spiro atoms. The van der Waals surface area contributed by atoms with Crippen LogP contribution in [0.5, 0.6) is 0 Å². The molecule has 0 aliphatic heterocycles. The Balaban J connectivity index is 4.90. The van der Waals surface area contributed by atoms with Crippen molar-refractivity contribution in [3.63, 3.8) is 0 Å². The molecule has 0 rings (SSSR count). The van der Waals surface area contributed by atoms with Gasteiger partial charge in [0.15, 0.2) is 0 Å². The van der Waals surface area contributed by atoms with Crippen molar-refractivity contribution < 1.29 is 0 Å². The molecule has 0 aromatic rings. The fraction of sp³-hybridized carbons (Fsp3) is 0.636. The molecule has 0 radical (unpaired) electrons. The summed E-state index contributed by atoms with van der Waals surface area (Å²) in [5.74, 6) is 2.13. The largest absolute Gasteiger partial charge is 0.404 e. The highest BCUT2D eigenvalue weighted by Gasteiger charge is 2.18. The average molecular weight is 318 g/mol. The van der Waals surface area contributed by atoms with Gasteiger partial charge in [0.2, 0.25) is 0 Å². The normalized spacial score (nSPS) is 17.3. The third-order valence-electron chi connectivity index (χ3n) is 4.65. The van der Waals surface area contributed by atoms with Gasteiger partial charge in [-0.05, 0) is 67.7 Å². The van der Waals surface area contributed by atoms with E-state index in [1.165, 1.54) is 31.3 Å². The van der Waals surface area contributed by atoms with Gasteiger partial charge in [-0.3, -0.25) is 0 Å². The van der Waals surface area contributed by atoms with E-state index in [0.29, 0.717) is 5.92 Å². The molecule has 0 saturated carbocycles. The summed E-state index contributed by atoms with van der Waals surface area (Å²) in [7, 11) is 0. The van der Waals surface area contributed by atoms with Gasteiger partial charge in [0.25, 0.3) is 0 Å². The van der Waals surface area contributed by atoms with Crippen molar-refractivity contribution in [2.45, 2.75) is 73.1 Å². The summed E-state index contributed by atoms with van der Waals surface area (Å²) in [4.78, 5) is 0. The molecular formula is C22H39N. The lowest BCUT2D eigenvalue weighted by Crippen LogP contribution is -2.14. The molecule has 2 N–H and O–H groups in total. The molecular weight excluding hydrogens is 278 g/mol. The van der Waals surface area contributed by atoms with E-state index in [1.54, 1.807) is 6.20 Å². The van der Waals surface area contributed by atoms with E-state index in [4.69, 9.17) is 5.73 Å². The van der Waals surface area contributed by atoms with Crippen LogP contribution in [0.3, 0.4) is 0 Å². The second kappa shape index (κ2) is 13.2. The van der Waals surface area contributed by atoms with E-state index in [0.717, 1.165) is 30.3 Å². The van der Waals surface area contributed by atoms with Crippen LogP contribution in [0.4, 0.5) is 0 Å². The molecule has 132 valence electrons. The maximum atomic E-state index is 5.72. The molecule has 0 heterocycles. The van der Waals surface area contributed by atoms with E-state index in [2.05, 4.69) is 65.5 Å². The predicted molar refractivity (Wildman–Crippen MR) is 106 cm³/mol. The van der Waals surface area contributed by atoms with Gasteiger partial charge < -0.3 is 5.73 Å². The zero-order chi connectivity index (χ0) is 17.7. The Morgan fingerprint density at radius 1 is 1.17 bits per heavy atom. The Morgan fingerprint density at radius 3 is 2.39 bits per heavy atom. The van der Waals surface area contributed by atoms with Crippen molar-refractivity contribution in [1.29, 1.82) is 0 Å². The number of nitrogens with two attached hydrogens (primary N) is 1. The topological polar surface area (TPSA) is 26.0 Å². The molecule has 0 aromatic heterocycles. The second-order valence-electron chi connectivity index (χ2n) is 6.89. The molecule has 3 unspecified atom stereocenters. The first-order valence-corrected chi connectivity index (χ1v) is 9.38. The molecule has 1 nitrogen and oxygen atoms in total. The Bertz CT molecular complexity index is 400. The van der Waals surface area contributed by atoms with E-state index in [-0.39, 0.29) is 0 Å². The highest BCUT2D eigenvalue weighted by atomic mass is 14.5. The number of hydrogen-bond donors (Lipinski definition) is 1. The average Bonchev–Trinajstić information content (AvgIpc) is 2.54. The Morgan fingerprint density at radius 2 is 1.87 bits per heavy atom. The Hall–Kier alpha value is -1.24. The van der Waals surface area contributed by atoms with Crippen LogP contribution in [0, 0.1) is 17.8 Å². The minimum absolute atomic E-state index is 0.569. The zero-order valence-corrected chi connectivity index (χ0v) is 16.1. The van der Waals surface area contributed by atoms with E-state index >= 15 is 0 Å². The third kappa shape index (κ3) is 9.48. The summed E-state index contributed by atoms with van der Waals surface area (Å²) >= 11 is 0. The fourth-order valence-corrected chi connectivity index (χ4v) is 3.23. The summed E-state index contributed by atoms with van der Waals surface area (Å²) in [6.07, 6.45) is 17.9. The Kier molecular flexibility index (Phi) is 12.5. The lowest BCUT2D eigenvalue weighted by molar-refractivity contribution is 0.280. The van der Waals surface area contributed by atoms with Crippen LogP contribution in [0.15, 0.2) is 48.2 Å². The number of rotatable bonds is 12. The van der Waals surface area contributed by atoms with E-state index in [9.17, 15) is 0 Å². The smallest absolute Gasteiger partial charge is 0.00266 e. The lowest BCUT2D eigenvalue weighted by Gasteiger charge is -2.25.